The Hall–Kier alpha value is -1.51. The predicted octanol–water partition coefficient (Wildman–Crippen LogP) is 5.42. The number of hydrogen-bond acceptors (Lipinski definition) is 2. The van der Waals surface area contributed by atoms with Gasteiger partial charge in [0.2, 0.25) is 0 Å². The van der Waals surface area contributed by atoms with Crippen molar-refractivity contribution in [1.82, 2.24) is 4.90 Å². The number of hydrogen-bond donors (Lipinski definition) is 0. The maximum Gasteiger partial charge on any atom is 0.0367 e. The molecule has 0 unspecified atom stereocenters. The Bertz CT molecular complexity index is 736. The number of thioether (sulfide) groups is 1. The summed E-state index contributed by atoms with van der Waals surface area (Å²) in [5.41, 5.74) is 4.52. The SMILES string of the molecule is C=CC[C@]1(c2ccc(SC)cc2)CN2CCC[C@@H]2c2ccccc21. The molecule has 1 fully saturated rings. The van der Waals surface area contributed by atoms with Gasteiger partial charge < -0.3 is 0 Å². The van der Waals surface area contributed by atoms with Crippen LogP contribution in [0.15, 0.2) is 66.1 Å². The van der Waals surface area contributed by atoms with Crippen LogP contribution in [0.5, 0.6) is 0 Å². The highest BCUT2D eigenvalue weighted by Crippen LogP contribution is 2.49. The van der Waals surface area contributed by atoms with E-state index in [-0.39, 0.29) is 5.41 Å². The fraction of sp³-hybridized carbons (Fsp3) is 0.364. The van der Waals surface area contributed by atoms with Gasteiger partial charge in [0.1, 0.15) is 0 Å². The van der Waals surface area contributed by atoms with Crippen LogP contribution in [-0.4, -0.2) is 24.2 Å². The highest BCUT2D eigenvalue weighted by Gasteiger charge is 2.45. The van der Waals surface area contributed by atoms with E-state index in [2.05, 4.69) is 72.3 Å². The van der Waals surface area contributed by atoms with Crippen molar-refractivity contribution in [3.05, 3.63) is 77.9 Å². The van der Waals surface area contributed by atoms with E-state index in [0.717, 1.165) is 13.0 Å². The van der Waals surface area contributed by atoms with Gasteiger partial charge in [0.15, 0.2) is 0 Å². The van der Waals surface area contributed by atoms with Crippen LogP contribution in [-0.2, 0) is 5.41 Å². The van der Waals surface area contributed by atoms with Gasteiger partial charge in [0, 0.05) is 22.9 Å². The lowest BCUT2D eigenvalue weighted by Crippen LogP contribution is -2.46. The lowest BCUT2D eigenvalue weighted by atomic mass is 9.67. The van der Waals surface area contributed by atoms with E-state index in [1.807, 2.05) is 0 Å². The Morgan fingerprint density at radius 2 is 2.00 bits per heavy atom. The summed E-state index contributed by atoms with van der Waals surface area (Å²) in [6, 6.07) is 18.9. The van der Waals surface area contributed by atoms with E-state index in [4.69, 9.17) is 0 Å². The molecule has 2 aromatic carbocycles. The van der Waals surface area contributed by atoms with Gasteiger partial charge in [-0.15, -0.1) is 18.3 Å². The van der Waals surface area contributed by atoms with Gasteiger partial charge in [-0.05, 0) is 60.9 Å². The quantitative estimate of drug-likeness (QED) is 0.542. The molecule has 4 rings (SSSR count). The van der Waals surface area contributed by atoms with Crippen molar-refractivity contribution in [3.63, 3.8) is 0 Å². The zero-order valence-electron chi connectivity index (χ0n) is 14.4. The Morgan fingerprint density at radius 1 is 1.21 bits per heavy atom. The molecular weight excluding hydrogens is 310 g/mol. The third kappa shape index (κ3) is 2.44. The summed E-state index contributed by atoms with van der Waals surface area (Å²) < 4.78 is 0. The molecule has 1 saturated heterocycles. The first-order valence-corrected chi connectivity index (χ1v) is 10.1. The zero-order valence-corrected chi connectivity index (χ0v) is 15.2. The van der Waals surface area contributed by atoms with E-state index < -0.39 is 0 Å². The topological polar surface area (TPSA) is 3.24 Å². The van der Waals surface area contributed by atoms with E-state index in [1.54, 1.807) is 11.8 Å². The molecule has 0 aliphatic carbocycles. The van der Waals surface area contributed by atoms with Gasteiger partial charge in [-0.25, -0.2) is 0 Å². The van der Waals surface area contributed by atoms with Crippen LogP contribution in [0.4, 0.5) is 0 Å². The van der Waals surface area contributed by atoms with Crippen molar-refractivity contribution in [1.29, 1.82) is 0 Å². The van der Waals surface area contributed by atoms with Gasteiger partial charge in [-0.2, -0.15) is 0 Å². The molecule has 2 aliphatic rings. The molecule has 0 radical (unpaired) electrons. The van der Waals surface area contributed by atoms with Gasteiger partial charge in [-0.3, -0.25) is 4.90 Å². The van der Waals surface area contributed by atoms with Crippen molar-refractivity contribution in [2.75, 3.05) is 19.3 Å². The average molecular weight is 336 g/mol. The van der Waals surface area contributed by atoms with Crippen LogP contribution in [0.25, 0.3) is 0 Å². The Kier molecular flexibility index (Phi) is 4.28. The first kappa shape index (κ1) is 16.0. The molecule has 0 aromatic heterocycles. The second-order valence-electron chi connectivity index (χ2n) is 7.02. The molecule has 1 nitrogen and oxygen atoms in total. The summed E-state index contributed by atoms with van der Waals surface area (Å²) in [7, 11) is 0. The number of fused-ring (bicyclic) bond motifs is 3. The molecule has 0 saturated carbocycles. The van der Waals surface area contributed by atoms with E-state index in [1.165, 1.54) is 41.0 Å². The highest BCUT2D eigenvalue weighted by atomic mass is 32.2. The van der Waals surface area contributed by atoms with Crippen molar-refractivity contribution in [2.45, 2.75) is 35.6 Å². The van der Waals surface area contributed by atoms with Crippen LogP contribution in [0.2, 0.25) is 0 Å². The second kappa shape index (κ2) is 6.42. The first-order chi connectivity index (χ1) is 11.8. The number of benzene rings is 2. The summed E-state index contributed by atoms with van der Waals surface area (Å²) in [5.74, 6) is 0. The third-order valence-electron chi connectivity index (χ3n) is 5.81. The lowest BCUT2D eigenvalue weighted by Gasteiger charge is -2.46. The number of nitrogens with zero attached hydrogens (tertiary/aromatic N) is 1. The fourth-order valence-corrected chi connectivity index (χ4v) is 5.13. The third-order valence-corrected chi connectivity index (χ3v) is 6.55. The van der Waals surface area contributed by atoms with Gasteiger partial charge in [-0.1, -0.05) is 42.5 Å². The van der Waals surface area contributed by atoms with Crippen molar-refractivity contribution < 1.29 is 0 Å². The molecule has 24 heavy (non-hydrogen) atoms. The molecule has 0 bridgehead atoms. The summed E-state index contributed by atoms with van der Waals surface area (Å²) >= 11 is 1.81. The Morgan fingerprint density at radius 3 is 2.75 bits per heavy atom. The largest absolute Gasteiger partial charge is 0.295 e. The first-order valence-electron chi connectivity index (χ1n) is 8.87. The fourth-order valence-electron chi connectivity index (χ4n) is 4.72. The van der Waals surface area contributed by atoms with E-state index in [0.29, 0.717) is 6.04 Å². The monoisotopic (exact) mass is 335 g/mol. The van der Waals surface area contributed by atoms with Crippen LogP contribution in [0.3, 0.4) is 0 Å². The number of allylic oxidation sites excluding steroid dienone is 1. The molecule has 0 N–H and O–H groups in total. The van der Waals surface area contributed by atoms with Crippen LogP contribution in [0.1, 0.15) is 42.0 Å². The minimum atomic E-state index is 0.0378. The highest BCUT2D eigenvalue weighted by molar-refractivity contribution is 7.98. The summed E-state index contributed by atoms with van der Waals surface area (Å²) in [4.78, 5) is 4.03. The van der Waals surface area contributed by atoms with E-state index >= 15 is 0 Å². The maximum atomic E-state index is 4.09. The average Bonchev–Trinajstić information content (AvgIpc) is 3.10. The van der Waals surface area contributed by atoms with Crippen LogP contribution < -0.4 is 0 Å². The van der Waals surface area contributed by atoms with Crippen molar-refractivity contribution in [2.24, 2.45) is 0 Å². The van der Waals surface area contributed by atoms with Crippen molar-refractivity contribution in [3.8, 4) is 0 Å². The summed E-state index contributed by atoms with van der Waals surface area (Å²) in [5, 5.41) is 0. The van der Waals surface area contributed by atoms with E-state index in [9.17, 15) is 0 Å². The molecular formula is C22H25NS. The zero-order chi connectivity index (χ0) is 16.6. The predicted molar refractivity (Wildman–Crippen MR) is 104 cm³/mol. The molecule has 2 heteroatoms. The normalized spacial score (nSPS) is 26.0. The van der Waals surface area contributed by atoms with Gasteiger partial charge in [0.25, 0.3) is 0 Å². The lowest BCUT2D eigenvalue weighted by molar-refractivity contribution is 0.186. The number of rotatable bonds is 4. The molecule has 0 spiro atoms. The Balaban J connectivity index is 1.89. The maximum absolute atomic E-state index is 4.09. The van der Waals surface area contributed by atoms with Crippen molar-refractivity contribution >= 4 is 11.8 Å². The molecule has 2 aromatic rings. The molecule has 124 valence electrons. The molecule has 2 atom stereocenters. The minimum absolute atomic E-state index is 0.0378. The van der Waals surface area contributed by atoms with Crippen LogP contribution >= 0.6 is 11.8 Å². The molecule has 0 amide bonds. The summed E-state index contributed by atoms with van der Waals surface area (Å²) in [6.07, 6.45) is 7.85. The summed E-state index contributed by atoms with van der Waals surface area (Å²) in [6.45, 7) is 6.43. The minimum Gasteiger partial charge on any atom is -0.295 e. The second-order valence-corrected chi connectivity index (χ2v) is 7.90. The molecule has 2 aliphatic heterocycles. The van der Waals surface area contributed by atoms with Gasteiger partial charge in [0.05, 0.1) is 0 Å². The van der Waals surface area contributed by atoms with Crippen LogP contribution in [0, 0.1) is 0 Å². The Labute approximate surface area is 149 Å². The van der Waals surface area contributed by atoms with Gasteiger partial charge >= 0.3 is 0 Å². The standard InChI is InChI=1S/C22H25NS/c1-3-14-22(17-10-12-18(24-2)13-11-17)16-23-15-6-9-21(23)19-7-4-5-8-20(19)22/h3-5,7-8,10-13,21H,1,6,9,14-16H2,2H3/t21-,22-/m1/s1. The smallest absolute Gasteiger partial charge is 0.0367 e. The molecule has 2 heterocycles.